The Bertz CT molecular complexity index is 843. The molecule has 0 spiro atoms. The van der Waals surface area contributed by atoms with Gasteiger partial charge in [-0.2, -0.15) is 4.98 Å². The van der Waals surface area contributed by atoms with Crippen molar-refractivity contribution in [2.24, 2.45) is 0 Å². The van der Waals surface area contributed by atoms with E-state index in [0.29, 0.717) is 17.3 Å². The lowest BCUT2D eigenvalue weighted by atomic mass is 10.3. The molecule has 3 N–H and O–H groups in total. The highest BCUT2D eigenvalue weighted by Gasteiger charge is 2.01. The zero-order valence-electron chi connectivity index (χ0n) is 11.2. The van der Waals surface area contributed by atoms with Crippen molar-refractivity contribution < 1.29 is 4.74 Å². The molecule has 2 aromatic heterocycles. The van der Waals surface area contributed by atoms with E-state index >= 15 is 0 Å². The van der Waals surface area contributed by atoms with E-state index in [2.05, 4.69) is 20.3 Å². The first kappa shape index (κ1) is 13.6. The molecular weight excluding hydrogens is 286 g/mol. The molecule has 0 saturated heterocycles. The summed E-state index contributed by atoms with van der Waals surface area (Å²) in [5.41, 5.74) is -0.707. The van der Waals surface area contributed by atoms with Crippen molar-refractivity contribution in [3.63, 3.8) is 0 Å². The van der Waals surface area contributed by atoms with E-state index in [4.69, 9.17) is 4.74 Å². The van der Waals surface area contributed by atoms with Crippen molar-refractivity contribution in [2.75, 3.05) is 5.32 Å². The number of anilines is 2. The van der Waals surface area contributed by atoms with Gasteiger partial charge in [-0.25, -0.2) is 14.6 Å². The predicted molar refractivity (Wildman–Crippen MR) is 79.5 cm³/mol. The Balaban J connectivity index is 1.74. The highest BCUT2D eigenvalue weighted by Crippen LogP contribution is 2.21. The van der Waals surface area contributed by atoms with Gasteiger partial charge in [0.25, 0.3) is 0 Å². The fraction of sp³-hybridized carbons (Fsp3) is 0. The van der Waals surface area contributed by atoms with Gasteiger partial charge in [-0.05, 0) is 30.3 Å². The van der Waals surface area contributed by atoms with E-state index in [1.165, 1.54) is 0 Å². The maximum atomic E-state index is 11.1. The number of benzene rings is 1. The summed E-state index contributed by atoms with van der Waals surface area (Å²) in [6.07, 6.45) is 1.64. The highest BCUT2D eigenvalue weighted by molar-refractivity contribution is 5.54. The minimum absolute atomic E-state index is 0.0622. The van der Waals surface area contributed by atoms with E-state index in [9.17, 15) is 9.59 Å². The molecule has 110 valence electrons. The van der Waals surface area contributed by atoms with Crippen molar-refractivity contribution in [1.82, 2.24) is 19.9 Å². The van der Waals surface area contributed by atoms with Crippen LogP contribution in [0.3, 0.4) is 0 Å². The first-order valence-corrected chi connectivity index (χ1v) is 6.36. The number of hydrogen-bond donors (Lipinski definition) is 3. The van der Waals surface area contributed by atoms with Crippen molar-refractivity contribution in [2.45, 2.75) is 0 Å². The Labute approximate surface area is 123 Å². The zero-order chi connectivity index (χ0) is 15.4. The van der Waals surface area contributed by atoms with Crippen molar-refractivity contribution >= 4 is 11.6 Å². The van der Waals surface area contributed by atoms with Gasteiger partial charge in [0.2, 0.25) is 11.8 Å². The van der Waals surface area contributed by atoms with Crippen molar-refractivity contribution in [1.29, 1.82) is 0 Å². The molecule has 0 bridgehead atoms. The molecule has 0 aliphatic rings. The number of H-pyrrole nitrogens is 2. The second-order valence-corrected chi connectivity index (χ2v) is 4.26. The standard InChI is InChI=1S/C14H11N5O3/c20-13-17-12(18-14(21)19-13)16-9-4-6-10(7-5-9)22-11-3-1-2-8-15-11/h1-8H,(H3,16,17,18,19,20,21). The Morgan fingerprint density at radius 1 is 1.00 bits per heavy atom. The fourth-order valence-corrected chi connectivity index (χ4v) is 1.72. The molecule has 0 aliphatic carbocycles. The summed E-state index contributed by atoms with van der Waals surface area (Å²) in [4.78, 5) is 34.3. The van der Waals surface area contributed by atoms with Gasteiger partial charge < -0.3 is 10.1 Å². The van der Waals surface area contributed by atoms with E-state index in [0.717, 1.165) is 0 Å². The van der Waals surface area contributed by atoms with Crippen LogP contribution >= 0.6 is 0 Å². The van der Waals surface area contributed by atoms with Gasteiger partial charge in [0.15, 0.2) is 0 Å². The van der Waals surface area contributed by atoms with Crippen LogP contribution in [-0.2, 0) is 0 Å². The molecule has 0 fully saturated rings. The number of pyridine rings is 1. The number of rotatable bonds is 4. The number of aromatic nitrogens is 4. The van der Waals surface area contributed by atoms with Crippen LogP contribution in [0, 0.1) is 0 Å². The Kier molecular flexibility index (Phi) is 3.65. The molecule has 8 nitrogen and oxygen atoms in total. The van der Waals surface area contributed by atoms with Gasteiger partial charge >= 0.3 is 11.4 Å². The van der Waals surface area contributed by atoms with Crippen LogP contribution in [0.15, 0.2) is 58.3 Å². The smallest absolute Gasteiger partial charge is 0.352 e. The third-order valence-corrected chi connectivity index (χ3v) is 2.64. The van der Waals surface area contributed by atoms with Crippen LogP contribution in [0.4, 0.5) is 11.6 Å². The number of aromatic amines is 2. The molecule has 22 heavy (non-hydrogen) atoms. The Morgan fingerprint density at radius 3 is 2.50 bits per heavy atom. The van der Waals surface area contributed by atoms with Gasteiger partial charge in [0.05, 0.1) is 0 Å². The monoisotopic (exact) mass is 297 g/mol. The minimum atomic E-state index is -0.721. The van der Waals surface area contributed by atoms with Crippen LogP contribution < -0.4 is 21.4 Å². The molecule has 8 heteroatoms. The highest BCUT2D eigenvalue weighted by atomic mass is 16.5. The Hall–Kier alpha value is -3.42. The number of ether oxygens (including phenoxy) is 1. The molecule has 0 radical (unpaired) electrons. The topological polar surface area (TPSA) is 113 Å². The molecule has 0 aliphatic heterocycles. The van der Waals surface area contributed by atoms with Crippen molar-refractivity contribution in [3.05, 3.63) is 69.6 Å². The van der Waals surface area contributed by atoms with E-state index in [1.807, 2.05) is 11.1 Å². The minimum Gasteiger partial charge on any atom is -0.439 e. The van der Waals surface area contributed by atoms with E-state index in [-0.39, 0.29) is 5.95 Å². The van der Waals surface area contributed by atoms with Gasteiger partial charge in [-0.15, -0.1) is 0 Å². The summed E-state index contributed by atoms with van der Waals surface area (Å²) in [6, 6.07) is 12.3. The second-order valence-electron chi connectivity index (χ2n) is 4.26. The Morgan fingerprint density at radius 2 is 1.82 bits per heavy atom. The lowest BCUT2D eigenvalue weighted by Gasteiger charge is -2.07. The summed E-state index contributed by atoms with van der Waals surface area (Å²) in [6.45, 7) is 0. The normalized spacial score (nSPS) is 10.2. The molecule has 2 heterocycles. The molecule has 1 aromatic carbocycles. The summed E-state index contributed by atoms with van der Waals surface area (Å²) < 4.78 is 5.55. The molecule has 0 saturated carbocycles. The first-order chi connectivity index (χ1) is 10.7. The lowest BCUT2D eigenvalue weighted by Crippen LogP contribution is -2.25. The third kappa shape index (κ3) is 3.37. The number of nitrogens with one attached hydrogen (secondary N) is 3. The van der Waals surface area contributed by atoms with E-state index < -0.39 is 11.4 Å². The quantitative estimate of drug-likeness (QED) is 0.670. The van der Waals surface area contributed by atoms with Crippen LogP contribution in [-0.4, -0.2) is 19.9 Å². The lowest BCUT2D eigenvalue weighted by molar-refractivity contribution is 0.463. The average molecular weight is 297 g/mol. The summed E-state index contributed by atoms with van der Waals surface area (Å²) >= 11 is 0. The number of nitrogens with zero attached hydrogens (tertiary/aromatic N) is 2. The fourth-order valence-electron chi connectivity index (χ4n) is 1.72. The summed E-state index contributed by atoms with van der Waals surface area (Å²) in [5, 5.41) is 2.82. The summed E-state index contributed by atoms with van der Waals surface area (Å²) in [7, 11) is 0. The maximum absolute atomic E-state index is 11.1. The first-order valence-electron chi connectivity index (χ1n) is 6.36. The predicted octanol–water partition coefficient (Wildman–Crippen LogP) is 1.39. The van der Waals surface area contributed by atoms with Crippen LogP contribution in [0.1, 0.15) is 0 Å². The molecule has 0 unspecified atom stereocenters. The van der Waals surface area contributed by atoms with Gasteiger partial charge in [-0.3, -0.25) is 9.97 Å². The molecular formula is C14H11N5O3. The molecule has 0 atom stereocenters. The number of hydrogen-bond acceptors (Lipinski definition) is 6. The van der Waals surface area contributed by atoms with Crippen LogP contribution in [0.5, 0.6) is 11.6 Å². The van der Waals surface area contributed by atoms with Gasteiger partial charge in [-0.1, -0.05) is 6.07 Å². The van der Waals surface area contributed by atoms with Crippen LogP contribution in [0.25, 0.3) is 0 Å². The second kappa shape index (κ2) is 5.92. The summed E-state index contributed by atoms with van der Waals surface area (Å²) in [5.74, 6) is 1.16. The maximum Gasteiger partial charge on any atom is 0.352 e. The third-order valence-electron chi connectivity index (χ3n) is 2.64. The zero-order valence-corrected chi connectivity index (χ0v) is 11.2. The largest absolute Gasteiger partial charge is 0.439 e. The molecule has 3 rings (SSSR count). The average Bonchev–Trinajstić information content (AvgIpc) is 2.49. The van der Waals surface area contributed by atoms with Gasteiger partial charge in [0, 0.05) is 18.0 Å². The molecule has 0 amide bonds. The van der Waals surface area contributed by atoms with Crippen molar-refractivity contribution in [3.8, 4) is 11.6 Å². The van der Waals surface area contributed by atoms with Crippen LogP contribution in [0.2, 0.25) is 0 Å². The van der Waals surface area contributed by atoms with Gasteiger partial charge in [0.1, 0.15) is 5.75 Å². The molecule has 3 aromatic rings. The SMILES string of the molecule is O=c1nc(Nc2ccc(Oc3ccccn3)cc2)[nH]c(=O)[nH]1. The van der Waals surface area contributed by atoms with E-state index in [1.54, 1.807) is 42.6 Å².